The van der Waals surface area contributed by atoms with Crippen molar-refractivity contribution in [3.63, 3.8) is 0 Å². The second kappa shape index (κ2) is 8.68. The van der Waals surface area contributed by atoms with Crippen molar-refractivity contribution in [3.8, 4) is 0 Å². The molecule has 0 aromatic heterocycles. The Bertz CT molecular complexity index is 309. The van der Waals surface area contributed by atoms with Crippen molar-refractivity contribution >= 4 is 5.91 Å². The maximum atomic E-state index is 12.2. The highest BCUT2D eigenvalue weighted by molar-refractivity contribution is 5.76. The van der Waals surface area contributed by atoms with Gasteiger partial charge in [-0.3, -0.25) is 9.69 Å². The number of carbonyl (C=O) groups is 1. The first-order valence-corrected chi connectivity index (χ1v) is 8.03. The molecule has 2 saturated heterocycles. The number of nitrogens with two attached hydrogens (primary N) is 1. The molecule has 0 aromatic rings. The van der Waals surface area contributed by atoms with Crippen molar-refractivity contribution in [2.24, 2.45) is 11.7 Å². The van der Waals surface area contributed by atoms with Crippen LogP contribution in [0.4, 0.5) is 0 Å². The maximum Gasteiger partial charge on any atom is 0.225 e. The largest absolute Gasteiger partial charge is 0.381 e. The summed E-state index contributed by atoms with van der Waals surface area (Å²) in [7, 11) is 1.61. The average Bonchev–Trinajstić information content (AvgIpc) is 2.54. The quantitative estimate of drug-likeness (QED) is 0.743. The van der Waals surface area contributed by atoms with Crippen LogP contribution in [0.25, 0.3) is 0 Å². The summed E-state index contributed by atoms with van der Waals surface area (Å²) in [4.78, 5) is 16.6. The van der Waals surface area contributed by atoms with E-state index in [1.807, 2.05) is 4.90 Å². The molecule has 6 heteroatoms. The summed E-state index contributed by atoms with van der Waals surface area (Å²) in [5.74, 6) is 0.925. The van der Waals surface area contributed by atoms with Crippen LogP contribution in [-0.4, -0.2) is 81.4 Å². The molecular weight excluding hydrogens is 270 g/mol. The Hall–Kier alpha value is -0.690. The summed E-state index contributed by atoms with van der Waals surface area (Å²) in [6.07, 6.45) is 2.58. The van der Waals surface area contributed by atoms with Gasteiger partial charge in [-0.15, -0.1) is 0 Å². The van der Waals surface area contributed by atoms with Crippen molar-refractivity contribution in [1.29, 1.82) is 0 Å². The van der Waals surface area contributed by atoms with Crippen molar-refractivity contribution in [2.45, 2.75) is 25.4 Å². The van der Waals surface area contributed by atoms with Crippen LogP contribution in [0.15, 0.2) is 0 Å². The first-order chi connectivity index (χ1) is 10.2. The van der Waals surface area contributed by atoms with Crippen LogP contribution in [0.5, 0.6) is 0 Å². The normalized spacial score (nSPS) is 23.2. The third-order valence-corrected chi connectivity index (χ3v) is 4.58. The first-order valence-electron chi connectivity index (χ1n) is 8.03. The number of hydrogen-bond acceptors (Lipinski definition) is 5. The van der Waals surface area contributed by atoms with Gasteiger partial charge in [0.2, 0.25) is 5.91 Å². The van der Waals surface area contributed by atoms with E-state index >= 15 is 0 Å². The fraction of sp³-hybridized carbons (Fsp3) is 0.933. The highest BCUT2D eigenvalue weighted by Crippen LogP contribution is 2.17. The molecule has 2 aliphatic heterocycles. The topological polar surface area (TPSA) is 68.0 Å². The third kappa shape index (κ3) is 5.21. The summed E-state index contributed by atoms with van der Waals surface area (Å²) in [5, 5.41) is 0. The van der Waals surface area contributed by atoms with Gasteiger partial charge < -0.3 is 20.1 Å². The molecule has 2 N–H and O–H groups in total. The lowest BCUT2D eigenvalue weighted by molar-refractivity contribution is -0.135. The minimum absolute atomic E-state index is 0.155. The van der Waals surface area contributed by atoms with E-state index in [9.17, 15) is 4.79 Å². The van der Waals surface area contributed by atoms with E-state index in [0.29, 0.717) is 13.0 Å². The Morgan fingerprint density at radius 1 is 1.29 bits per heavy atom. The molecular formula is C15H29N3O3. The zero-order chi connectivity index (χ0) is 15.1. The highest BCUT2D eigenvalue weighted by Gasteiger charge is 2.25. The van der Waals surface area contributed by atoms with Crippen molar-refractivity contribution in [3.05, 3.63) is 0 Å². The predicted molar refractivity (Wildman–Crippen MR) is 81.0 cm³/mol. The Morgan fingerprint density at radius 3 is 2.52 bits per heavy atom. The van der Waals surface area contributed by atoms with E-state index in [2.05, 4.69) is 4.90 Å². The van der Waals surface area contributed by atoms with Gasteiger partial charge in [0.15, 0.2) is 0 Å². The van der Waals surface area contributed by atoms with E-state index in [1.54, 1.807) is 7.11 Å². The SMILES string of the molecule is COC(CN)CC(=O)N1CCN(CC2CCOCC2)CC1. The zero-order valence-corrected chi connectivity index (χ0v) is 13.1. The van der Waals surface area contributed by atoms with Gasteiger partial charge in [-0.1, -0.05) is 0 Å². The molecule has 21 heavy (non-hydrogen) atoms. The highest BCUT2D eigenvalue weighted by atomic mass is 16.5. The fourth-order valence-corrected chi connectivity index (χ4v) is 3.06. The van der Waals surface area contributed by atoms with Gasteiger partial charge in [0, 0.05) is 59.6 Å². The number of rotatable bonds is 6. The van der Waals surface area contributed by atoms with E-state index in [4.69, 9.17) is 15.2 Å². The zero-order valence-electron chi connectivity index (χ0n) is 13.1. The fourth-order valence-electron chi connectivity index (χ4n) is 3.06. The smallest absolute Gasteiger partial charge is 0.225 e. The number of amides is 1. The standard InChI is InChI=1S/C15H29N3O3/c1-20-14(11-16)10-15(19)18-6-4-17(5-7-18)12-13-2-8-21-9-3-13/h13-14H,2-12,16H2,1H3. The molecule has 2 aliphatic rings. The summed E-state index contributed by atoms with van der Waals surface area (Å²) < 4.78 is 10.6. The van der Waals surface area contributed by atoms with E-state index in [0.717, 1.165) is 51.9 Å². The molecule has 0 bridgehead atoms. The van der Waals surface area contributed by atoms with Crippen LogP contribution in [0.1, 0.15) is 19.3 Å². The summed E-state index contributed by atoms with van der Waals surface area (Å²) in [6, 6.07) is 0. The average molecular weight is 299 g/mol. The lowest BCUT2D eigenvalue weighted by atomic mass is 9.99. The van der Waals surface area contributed by atoms with E-state index in [-0.39, 0.29) is 12.0 Å². The molecule has 0 saturated carbocycles. The number of hydrogen-bond donors (Lipinski definition) is 1. The first kappa shape index (κ1) is 16.7. The molecule has 0 spiro atoms. The Balaban J connectivity index is 1.68. The molecule has 0 aromatic carbocycles. The molecule has 2 heterocycles. The van der Waals surface area contributed by atoms with Crippen LogP contribution in [0, 0.1) is 5.92 Å². The van der Waals surface area contributed by atoms with Gasteiger partial charge in [0.05, 0.1) is 12.5 Å². The van der Waals surface area contributed by atoms with Crippen LogP contribution < -0.4 is 5.73 Å². The molecule has 1 unspecified atom stereocenters. The molecule has 6 nitrogen and oxygen atoms in total. The van der Waals surface area contributed by atoms with Crippen molar-refractivity contribution in [1.82, 2.24) is 9.80 Å². The summed E-state index contributed by atoms with van der Waals surface area (Å²) >= 11 is 0. The van der Waals surface area contributed by atoms with Crippen LogP contribution in [0.3, 0.4) is 0 Å². The van der Waals surface area contributed by atoms with Crippen molar-refractivity contribution < 1.29 is 14.3 Å². The van der Waals surface area contributed by atoms with E-state index < -0.39 is 0 Å². The van der Waals surface area contributed by atoms with E-state index in [1.165, 1.54) is 12.8 Å². The second-order valence-electron chi connectivity index (χ2n) is 6.03. The third-order valence-electron chi connectivity index (χ3n) is 4.58. The monoisotopic (exact) mass is 299 g/mol. The number of ether oxygens (including phenoxy) is 2. The number of methoxy groups -OCH3 is 1. The molecule has 0 radical (unpaired) electrons. The summed E-state index contributed by atoms with van der Waals surface area (Å²) in [5.41, 5.74) is 5.57. The molecule has 122 valence electrons. The van der Waals surface area contributed by atoms with Crippen molar-refractivity contribution in [2.75, 3.05) is 59.6 Å². The van der Waals surface area contributed by atoms with Gasteiger partial charge >= 0.3 is 0 Å². The van der Waals surface area contributed by atoms with Gasteiger partial charge in [-0.05, 0) is 18.8 Å². The molecule has 0 aliphatic carbocycles. The van der Waals surface area contributed by atoms with Gasteiger partial charge in [0.25, 0.3) is 0 Å². The Labute approximate surface area is 127 Å². The lowest BCUT2D eigenvalue weighted by Crippen LogP contribution is -2.50. The maximum absolute atomic E-state index is 12.2. The number of piperazine rings is 1. The van der Waals surface area contributed by atoms with Gasteiger partial charge in [-0.2, -0.15) is 0 Å². The van der Waals surface area contributed by atoms with Crippen LogP contribution >= 0.6 is 0 Å². The molecule has 1 amide bonds. The molecule has 2 rings (SSSR count). The van der Waals surface area contributed by atoms with Crippen LogP contribution in [0.2, 0.25) is 0 Å². The lowest BCUT2D eigenvalue weighted by Gasteiger charge is -2.37. The number of nitrogens with zero attached hydrogens (tertiary/aromatic N) is 2. The summed E-state index contributed by atoms with van der Waals surface area (Å²) in [6.45, 7) is 6.95. The van der Waals surface area contributed by atoms with Gasteiger partial charge in [0.1, 0.15) is 0 Å². The number of carbonyl (C=O) groups excluding carboxylic acids is 1. The second-order valence-corrected chi connectivity index (χ2v) is 6.03. The minimum atomic E-state index is -0.155. The van der Waals surface area contributed by atoms with Gasteiger partial charge in [-0.25, -0.2) is 0 Å². The Kier molecular flexibility index (Phi) is 6.89. The predicted octanol–water partition coefficient (Wildman–Crippen LogP) is -0.0790. The molecule has 2 fully saturated rings. The Morgan fingerprint density at radius 2 is 1.95 bits per heavy atom. The minimum Gasteiger partial charge on any atom is -0.381 e. The molecule has 1 atom stereocenters. The van der Waals surface area contributed by atoms with Crippen LogP contribution in [-0.2, 0) is 14.3 Å².